The van der Waals surface area contributed by atoms with E-state index in [-0.39, 0.29) is 17.7 Å². The zero-order valence-corrected chi connectivity index (χ0v) is 13.0. The van der Waals surface area contributed by atoms with E-state index in [1.54, 1.807) is 4.57 Å². The van der Waals surface area contributed by atoms with Crippen molar-refractivity contribution in [3.8, 4) is 0 Å². The second-order valence-electron chi connectivity index (χ2n) is 6.49. The summed E-state index contributed by atoms with van der Waals surface area (Å²) in [6, 6.07) is 0. The van der Waals surface area contributed by atoms with Gasteiger partial charge in [-0.25, -0.2) is 9.97 Å². The molecule has 4 heterocycles. The molecule has 2 aromatic heterocycles. The lowest BCUT2D eigenvalue weighted by Crippen LogP contribution is -2.42. The van der Waals surface area contributed by atoms with Gasteiger partial charge in [0.05, 0.1) is 19.3 Å². The third kappa shape index (κ3) is 1.97. The summed E-state index contributed by atoms with van der Waals surface area (Å²) < 4.78 is 19.6. The lowest BCUT2D eigenvalue weighted by Gasteiger charge is -2.30. The van der Waals surface area contributed by atoms with E-state index in [0.29, 0.717) is 5.65 Å². The Morgan fingerprint density at radius 2 is 2.17 bits per heavy atom. The number of nitrogens with one attached hydrogen (secondary N) is 1. The van der Waals surface area contributed by atoms with Crippen LogP contribution < -0.4 is 5.56 Å². The summed E-state index contributed by atoms with van der Waals surface area (Å²) in [6.07, 6.45) is 1.22. The van der Waals surface area contributed by atoms with Gasteiger partial charge in [0.15, 0.2) is 23.2 Å². The van der Waals surface area contributed by atoms with Crippen LogP contribution in [0.1, 0.15) is 27.0 Å². The first-order valence-corrected chi connectivity index (χ1v) is 7.40. The Kier molecular flexibility index (Phi) is 2.95. The fraction of sp³-hybridized carbons (Fsp3) is 0.643. The largest absolute Gasteiger partial charge is 0.394 e. The number of nitrogens with zero attached hydrogens (tertiary/aromatic N) is 3. The smallest absolute Gasteiger partial charge is 0.278 e. The van der Waals surface area contributed by atoms with E-state index in [2.05, 4.69) is 15.0 Å². The number of hydrogen-bond acceptors (Lipinski definition) is 7. The van der Waals surface area contributed by atoms with Crippen molar-refractivity contribution in [2.24, 2.45) is 0 Å². The van der Waals surface area contributed by atoms with Gasteiger partial charge in [0, 0.05) is 0 Å². The number of ether oxygens (including phenoxy) is 3. The summed E-state index contributed by atoms with van der Waals surface area (Å²) in [5.41, 5.74) is -0.544. The average molecular weight is 322 g/mol. The molecule has 0 saturated carbocycles. The van der Waals surface area contributed by atoms with E-state index in [1.807, 2.05) is 20.8 Å². The number of fused-ring (bicyclic) bond motifs is 2. The molecule has 2 fully saturated rings. The molecule has 0 spiro atoms. The molecule has 2 aliphatic rings. The van der Waals surface area contributed by atoms with Crippen molar-refractivity contribution in [2.75, 3.05) is 6.61 Å². The molecule has 0 bridgehead atoms. The minimum atomic E-state index is -0.838. The van der Waals surface area contributed by atoms with Crippen LogP contribution in [-0.2, 0) is 14.2 Å². The number of H-pyrrole nitrogens is 1. The van der Waals surface area contributed by atoms with Crippen molar-refractivity contribution in [2.45, 2.75) is 50.6 Å². The zero-order chi connectivity index (χ0) is 16.4. The standard InChI is InChI=1S/C14H18N4O5/c1-13(2)22-9-7(4-19)21-12(14(9,3)23-13)18-6-17-8-10(18)15-5-16-11(8)20/h5-7,9,12,19H,4H2,1-3H3,(H,15,16,20)/t7-,9?,12-,14?/m1/s1. The highest BCUT2D eigenvalue weighted by Gasteiger charge is 2.64. The van der Waals surface area contributed by atoms with Gasteiger partial charge < -0.3 is 24.3 Å². The fourth-order valence-corrected chi connectivity index (χ4v) is 3.56. The van der Waals surface area contributed by atoms with Crippen LogP contribution in [0.4, 0.5) is 0 Å². The van der Waals surface area contributed by atoms with Crippen LogP contribution >= 0.6 is 0 Å². The van der Waals surface area contributed by atoms with E-state index < -0.39 is 29.8 Å². The molecule has 0 radical (unpaired) electrons. The molecule has 0 aromatic carbocycles. The van der Waals surface area contributed by atoms with E-state index >= 15 is 0 Å². The van der Waals surface area contributed by atoms with Crippen LogP contribution in [0, 0.1) is 0 Å². The van der Waals surface area contributed by atoms with Crippen molar-refractivity contribution >= 4 is 11.2 Å². The molecule has 4 rings (SSSR count). The normalized spacial score (nSPS) is 35.7. The minimum Gasteiger partial charge on any atom is -0.394 e. The first-order valence-electron chi connectivity index (χ1n) is 7.40. The predicted octanol–water partition coefficient (Wildman–Crippen LogP) is -0.0805. The molecule has 0 aliphatic carbocycles. The van der Waals surface area contributed by atoms with Gasteiger partial charge in [-0.05, 0) is 20.8 Å². The number of aromatic nitrogens is 4. The number of rotatable bonds is 2. The minimum absolute atomic E-state index is 0.198. The van der Waals surface area contributed by atoms with Gasteiger partial charge in [0.2, 0.25) is 0 Å². The van der Waals surface area contributed by atoms with Crippen LogP contribution in [0.2, 0.25) is 0 Å². The van der Waals surface area contributed by atoms with Gasteiger partial charge in [-0.1, -0.05) is 0 Å². The monoisotopic (exact) mass is 322 g/mol. The zero-order valence-electron chi connectivity index (χ0n) is 13.0. The molecule has 23 heavy (non-hydrogen) atoms. The molecule has 124 valence electrons. The van der Waals surface area contributed by atoms with Crippen molar-refractivity contribution in [1.82, 2.24) is 19.5 Å². The molecule has 9 nitrogen and oxygen atoms in total. The Morgan fingerprint density at radius 3 is 2.91 bits per heavy atom. The Morgan fingerprint density at radius 1 is 1.39 bits per heavy atom. The van der Waals surface area contributed by atoms with Crippen molar-refractivity contribution in [1.29, 1.82) is 0 Å². The predicted molar refractivity (Wildman–Crippen MR) is 77.6 cm³/mol. The number of aliphatic hydroxyl groups is 1. The second kappa shape index (κ2) is 4.60. The molecule has 2 aliphatic heterocycles. The van der Waals surface area contributed by atoms with Crippen LogP contribution in [0.15, 0.2) is 17.4 Å². The lowest BCUT2D eigenvalue weighted by molar-refractivity contribution is -0.217. The molecular weight excluding hydrogens is 304 g/mol. The summed E-state index contributed by atoms with van der Waals surface area (Å²) >= 11 is 0. The SMILES string of the molecule is CC1(C)OC2[C@@H](CO)O[C@@H](n3cnc4c(=O)[nH]cnc43)C2(C)O1. The van der Waals surface area contributed by atoms with Gasteiger partial charge in [-0.3, -0.25) is 9.36 Å². The van der Waals surface area contributed by atoms with Crippen LogP contribution in [-0.4, -0.2) is 54.8 Å². The lowest BCUT2D eigenvalue weighted by atomic mass is 9.96. The van der Waals surface area contributed by atoms with Crippen LogP contribution in [0.25, 0.3) is 11.2 Å². The van der Waals surface area contributed by atoms with Gasteiger partial charge in [-0.2, -0.15) is 0 Å². The second-order valence-corrected chi connectivity index (χ2v) is 6.49. The molecule has 0 amide bonds. The van der Waals surface area contributed by atoms with Gasteiger partial charge in [-0.15, -0.1) is 0 Å². The van der Waals surface area contributed by atoms with Crippen LogP contribution in [0.5, 0.6) is 0 Å². The molecule has 2 aromatic rings. The number of hydrogen-bond donors (Lipinski definition) is 2. The van der Waals surface area contributed by atoms with Gasteiger partial charge >= 0.3 is 0 Å². The molecule has 2 saturated heterocycles. The highest BCUT2D eigenvalue weighted by molar-refractivity contribution is 5.69. The highest BCUT2D eigenvalue weighted by Crippen LogP contribution is 2.51. The third-order valence-corrected chi connectivity index (χ3v) is 4.37. The topological polar surface area (TPSA) is 111 Å². The third-order valence-electron chi connectivity index (χ3n) is 4.37. The summed E-state index contributed by atoms with van der Waals surface area (Å²) in [6.45, 7) is 5.30. The van der Waals surface area contributed by atoms with Crippen LogP contribution in [0.3, 0.4) is 0 Å². The van der Waals surface area contributed by atoms with Crippen molar-refractivity contribution < 1.29 is 19.3 Å². The van der Waals surface area contributed by atoms with E-state index in [9.17, 15) is 9.90 Å². The van der Waals surface area contributed by atoms with E-state index in [1.165, 1.54) is 12.7 Å². The molecule has 2 N–H and O–H groups in total. The maximum atomic E-state index is 11.8. The molecule has 4 atom stereocenters. The van der Waals surface area contributed by atoms with Gasteiger partial charge in [0.25, 0.3) is 5.56 Å². The van der Waals surface area contributed by atoms with Crippen molar-refractivity contribution in [3.63, 3.8) is 0 Å². The molecule has 9 heteroatoms. The quantitative estimate of drug-likeness (QED) is 0.795. The Hall–Kier alpha value is -1.81. The first kappa shape index (κ1) is 14.8. The first-order chi connectivity index (χ1) is 10.9. The maximum absolute atomic E-state index is 11.8. The van der Waals surface area contributed by atoms with Gasteiger partial charge in [0.1, 0.15) is 17.8 Å². The summed E-state index contributed by atoms with van der Waals surface area (Å²) in [5.74, 6) is -0.795. The Labute approximate surface area is 131 Å². The fourth-order valence-electron chi connectivity index (χ4n) is 3.56. The van der Waals surface area contributed by atoms with E-state index in [4.69, 9.17) is 14.2 Å². The summed E-state index contributed by atoms with van der Waals surface area (Å²) in [5, 5.41) is 9.61. The number of aromatic amines is 1. The molecular formula is C14H18N4O5. The number of aliphatic hydroxyl groups excluding tert-OH is 1. The Bertz CT molecular complexity index is 815. The summed E-state index contributed by atoms with van der Waals surface area (Å²) in [4.78, 5) is 22.6. The number of imidazole rings is 1. The summed E-state index contributed by atoms with van der Waals surface area (Å²) in [7, 11) is 0. The highest BCUT2D eigenvalue weighted by atomic mass is 16.8. The van der Waals surface area contributed by atoms with E-state index in [0.717, 1.165) is 0 Å². The maximum Gasteiger partial charge on any atom is 0.278 e. The Balaban J connectivity index is 1.84. The average Bonchev–Trinajstić information content (AvgIpc) is 3.07. The van der Waals surface area contributed by atoms with Crippen molar-refractivity contribution in [3.05, 3.63) is 23.0 Å². The molecule has 2 unspecified atom stereocenters.